The molecule has 0 fully saturated rings. The first kappa shape index (κ1) is 16.1. The second kappa shape index (κ2) is 6.15. The van der Waals surface area contributed by atoms with E-state index < -0.39 is 5.91 Å². The van der Waals surface area contributed by atoms with Gasteiger partial charge in [-0.2, -0.15) is 0 Å². The fourth-order valence-corrected chi connectivity index (χ4v) is 3.92. The van der Waals surface area contributed by atoms with Gasteiger partial charge in [0.05, 0.1) is 11.0 Å². The normalized spacial score (nSPS) is 11.3. The van der Waals surface area contributed by atoms with Crippen molar-refractivity contribution in [3.05, 3.63) is 81.2 Å². The summed E-state index contributed by atoms with van der Waals surface area (Å²) in [6.07, 6.45) is 0. The van der Waals surface area contributed by atoms with Crippen molar-refractivity contribution in [1.29, 1.82) is 0 Å². The highest BCUT2D eigenvalue weighted by Gasteiger charge is 2.17. The summed E-state index contributed by atoms with van der Waals surface area (Å²) in [5.41, 5.74) is 8.75. The molecule has 0 spiro atoms. The van der Waals surface area contributed by atoms with E-state index in [-0.39, 0.29) is 5.82 Å². The van der Waals surface area contributed by atoms with Gasteiger partial charge in [0.1, 0.15) is 5.82 Å². The fraction of sp³-hybridized carbons (Fsp3) is 0.0500. The molecule has 0 saturated carbocycles. The Hall–Kier alpha value is -2.41. The molecule has 0 bridgehead atoms. The van der Waals surface area contributed by atoms with Gasteiger partial charge >= 0.3 is 0 Å². The lowest BCUT2D eigenvalue weighted by molar-refractivity contribution is 0.100. The molecule has 5 heteroatoms. The molecular weight excluding hydrogens is 430 g/mol. The standard InChI is InChI=1S/C20H14FIN2O/c21-13-7-8-15-18(10-13)24(11-12-3-1-4-14(22)9-12)17-6-2-5-16(19(15)17)20(23)25/h1-10H,11H2,(H2,23,25). The highest BCUT2D eigenvalue weighted by molar-refractivity contribution is 14.1. The number of nitrogens with zero attached hydrogens (tertiary/aromatic N) is 1. The van der Waals surface area contributed by atoms with Crippen LogP contribution in [0.2, 0.25) is 0 Å². The van der Waals surface area contributed by atoms with Gasteiger partial charge in [-0.05, 0) is 70.6 Å². The first-order valence-corrected chi connectivity index (χ1v) is 8.87. The van der Waals surface area contributed by atoms with E-state index in [1.165, 1.54) is 12.1 Å². The van der Waals surface area contributed by atoms with E-state index in [1.54, 1.807) is 12.1 Å². The van der Waals surface area contributed by atoms with E-state index in [9.17, 15) is 9.18 Å². The number of rotatable bonds is 3. The molecule has 3 nitrogen and oxygen atoms in total. The first-order valence-electron chi connectivity index (χ1n) is 7.79. The summed E-state index contributed by atoms with van der Waals surface area (Å²) in [5, 5.41) is 1.60. The maximum absolute atomic E-state index is 13.9. The molecule has 0 unspecified atom stereocenters. The van der Waals surface area contributed by atoms with Gasteiger partial charge < -0.3 is 10.3 Å². The van der Waals surface area contributed by atoms with Gasteiger partial charge in [-0.3, -0.25) is 4.79 Å². The minimum absolute atomic E-state index is 0.306. The Labute approximate surface area is 157 Å². The number of amides is 1. The van der Waals surface area contributed by atoms with Crippen LogP contribution in [-0.4, -0.2) is 10.5 Å². The Bertz CT molecular complexity index is 1130. The third kappa shape index (κ3) is 2.78. The van der Waals surface area contributed by atoms with Crippen LogP contribution in [0.1, 0.15) is 15.9 Å². The van der Waals surface area contributed by atoms with Crippen LogP contribution < -0.4 is 5.73 Å². The van der Waals surface area contributed by atoms with Gasteiger partial charge in [0.2, 0.25) is 5.91 Å². The first-order chi connectivity index (χ1) is 12.0. The molecule has 0 aliphatic heterocycles. The number of benzene rings is 3. The van der Waals surface area contributed by atoms with Crippen LogP contribution in [0.3, 0.4) is 0 Å². The molecular formula is C20H14FIN2O. The molecule has 0 atom stereocenters. The highest BCUT2D eigenvalue weighted by atomic mass is 127. The number of carbonyl (C=O) groups excluding carboxylic acids is 1. The summed E-state index contributed by atoms with van der Waals surface area (Å²) in [6, 6.07) is 18.3. The lowest BCUT2D eigenvalue weighted by atomic mass is 10.1. The predicted octanol–water partition coefficient (Wildman–Crippen LogP) is 4.69. The van der Waals surface area contributed by atoms with Crippen molar-refractivity contribution in [2.75, 3.05) is 0 Å². The number of carbonyl (C=O) groups is 1. The molecule has 0 saturated heterocycles. The van der Waals surface area contributed by atoms with Gasteiger partial charge in [-0.15, -0.1) is 0 Å². The molecule has 25 heavy (non-hydrogen) atoms. The number of hydrogen-bond donors (Lipinski definition) is 1. The predicted molar refractivity (Wildman–Crippen MR) is 106 cm³/mol. The van der Waals surface area contributed by atoms with E-state index in [0.717, 1.165) is 30.9 Å². The van der Waals surface area contributed by atoms with Crippen LogP contribution in [0.5, 0.6) is 0 Å². The number of fused-ring (bicyclic) bond motifs is 3. The van der Waals surface area contributed by atoms with Crippen LogP contribution in [0.15, 0.2) is 60.7 Å². The van der Waals surface area contributed by atoms with E-state index in [2.05, 4.69) is 28.7 Å². The van der Waals surface area contributed by atoms with Gasteiger partial charge in [0.15, 0.2) is 0 Å². The van der Waals surface area contributed by atoms with Crippen LogP contribution >= 0.6 is 22.6 Å². The van der Waals surface area contributed by atoms with E-state index in [1.807, 2.05) is 34.9 Å². The molecule has 1 heterocycles. The Kier molecular flexibility index (Phi) is 3.95. The zero-order valence-corrected chi connectivity index (χ0v) is 15.3. The van der Waals surface area contributed by atoms with Crippen molar-refractivity contribution in [2.45, 2.75) is 6.54 Å². The van der Waals surface area contributed by atoms with Gasteiger partial charge in [0.25, 0.3) is 0 Å². The smallest absolute Gasteiger partial charge is 0.249 e. The second-order valence-corrected chi connectivity index (χ2v) is 7.19. The molecule has 124 valence electrons. The average Bonchev–Trinajstić information content (AvgIpc) is 2.88. The molecule has 4 rings (SSSR count). The molecule has 4 aromatic rings. The molecule has 0 aliphatic carbocycles. The van der Waals surface area contributed by atoms with Gasteiger partial charge in [0, 0.05) is 26.5 Å². The Balaban J connectivity index is 2.06. The van der Waals surface area contributed by atoms with E-state index >= 15 is 0 Å². The minimum Gasteiger partial charge on any atom is -0.366 e. The molecule has 2 N–H and O–H groups in total. The van der Waals surface area contributed by atoms with Crippen molar-refractivity contribution >= 4 is 50.3 Å². The third-order valence-electron chi connectivity index (χ3n) is 4.35. The Morgan fingerprint density at radius 2 is 1.84 bits per heavy atom. The van der Waals surface area contributed by atoms with E-state index in [4.69, 9.17) is 5.73 Å². The zero-order valence-electron chi connectivity index (χ0n) is 13.2. The number of halogens is 2. The Morgan fingerprint density at radius 3 is 2.60 bits per heavy atom. The highest BCUT2D eigenvalue weighted by Crippen LogP contribution is 2.32. The maximum atomic E-state index is 13.9. The topological polar surface area (TPSA) is 48.0 Å². The monoisotopic (exact) mass is 444 g/mol. The fourth-order valence-electron chi connectivity index (χ4n) is 3.31. The largest absolute Gasteiger partial charge is 0.366 e. The summed E-state index contributed by atoms with van der Waals surface area (Å²) < 4.78 is 17.1. The van der Waals surface area contributed by atoms with Crippen LogP contribution in [-0.2, 0) is 6.54 Å². The molecule has 1 amide bonds. The van der Waals surface area contributed by atoms with Crippen molar-refractivity contribution in [3.63, 3.8) is 0 Å². The van der Waals surface area contributed by atoms with E-state index in [0.29, 0.717) is 12.1 Å². The summed E-state index contributed by atoms with van der Waals surface area (Å²) >= 11 is 2.27. The molecule has 1 aromatic heterocycles. The second-order valence-electron chi connectivity index (χ2n) is 5.94. The van der Waals surface area contributed by atoms with Crippen molar-refractivity contribution in [1.82, 2.24) is 4.57 Å². The molecule has 0 aliphatic rings. The number of hydrogen-bond acceptors (Lipinski definition) is 1. The third-order valence-corrected chi connectivity index (χ3v) is 5.02. The van der Waals surface area contributed by atoms with Gasteiger partial charge in [-0.1, -0.05) is 18.2 Å². The summed E-state index contributed by atoms with van der Waals surface area (Å²) in [5.74, 6) is -0.789. The summed E-state index contributed by atoms with van der Waals surface area (Å²) in [4.78, 5) is 11.9. The zero-order chi connectivity index (χ0) is 17.6. The molecule has 0 radical (unpaired) electrons. The van der Waals surface area contributed by atoms with Crippen molar-refractivity contribution in [2.24, 2.45) is 5.73 Å². The van der Waals surface area contributed by atoms with Crippen molar-refractivity contribution in [3.8, 4) is 0 Å². The lowest BCUT2D eigenvalue weighted by Gasteiger charge is -2.08. The quantitative estimate of drug-likeness (QED) is 0.459. The van der Waals surface area contributed by atoms with Crippen LogP contribution in [0.4, 0.5) is 4.39 Å². The Morgan fingerprint density at radius 1 is 1.04 bits per heavy atom. The number of nitrogens with two attached hydrogens (primary N) is 1. The van der Waals surface area contributed by atoms with Crippen LogP contribution in [0, 0.1) is 9.39 Å². The summed E-state index contributed by atoms with van der Waals surface area (Å²) in [6.45, 7) is 0.586. The average molecular weight is 444 g/mol. The molecule has 3 aromatic carbocycles. The minimum atomic E-state index is -0.483. The maximum Gasteiger partial charge on any atom is 0.249 e. The lowest BCUT2D eigenvalue weighted by Crippen LogP contribution is -2.11. The van der Waals surface area contributed by atoms with Crippen LogP contribution in [0.25, 0.3) is 21.8 Å². The summed E-state index contributed by atoms with van der Waals surface area (Å²) in [7, 11) is 0. The van der Waals surface area contributed by atoms with Crippen molar-refractivity contribution < 1.29 is 9.18 Å². The van der Waals surface area contributed by atoms with Gasteiger partial charge in [-0.25, -0.2) is 4.39 Å². The number of aromatic nitrogens is 1. The SMILES string of the molecule is NC(=O)c1cccc2c1c1ccc(F)cc1n2Cc1cccc(I)c1. The number of primary amides is 1.